The van der Waals surface area contributed by atoms with Gasteiger partial charge in [-0.2, -0.15) is 5.10 Å². The van der Waals surface area contributed by atoms with Gasteiger partial charge in [-0.3, -0.25) is 4.68 Å². The fourth-order valence-corrected chi connectivity index (χ4v) is 2.53. The van der Waals surface area contributed by atoms with Crippen molar-refractivity contribution in [3.05, 3.63) is 42.6 Å². The Hall–Kier alpha value is -1.48. The van der Waals surface area contributed by atoms with Crippen molar-refractivity contribution in [2.75, 3.05) is 0 Å². The van der Waals surface area contributed by atoms with Crippen molar-refractivity contribution in [2.45, 2.75) is 30.8 Å². The highest BCUT2D eigenvalue weighted by atomic mass is 15.3. The van der Waals surface area contributed by atoms with E-state index in [2.05, 4.69) is 22.5 Å². The Morgan fingerprint density at radius 3 is 2.74 bits per heavy atom. The molecule has 92 valence electrons. The second-order valence-electron chi connectivity index (χ2n) is 5.21. The molecule has 1 saturated heterocycles. The molecule has 1 aromatic heterocycles. The number of benzene rings is 1. The van der Waals surface area contributed by atoms with Crippen LogP contribution < -0.4 is 5.32 Å². The molecule has 0 bridgehead atoms. The third-order valence-corrected chi connectivity index (χ3v) is 3.50. The van der Waals surface area contributed by atoms with Gasteiger partial charge >= 0.3 is 0 Å². The van der Waals surface area contributed by atoms with Crippen LogP contribution in [-0.4, -0.2) is 36.9 Å². The average Bonchev–Trinajstić information content (AvgIpc) is 2.98. The second-order valence-corrected chi connectivity index (χ2v) is 5.21. The van der Waals surface area contributed by atoms with Crippen LogP contribution in [0.25, 0.3) is 11.3 Å². The van der Waals surface area contributed by atoms with E-state index in [1.807, 2.05) is 35.1 Å². The van der Waals surface area contributed by atoms with Gasteiger partial charge < -0.3 is 5.32 Å². The molecule has 5 heteroatoms. The maximum Gasteiger partial charge on any atom is 0.0923 e. The molecule has 1 N–H and O–H groups in total. The highest BCUT2D eigenvalue weighted by molar-refractivity contribution is 6.40. The number of nitrogens with one attached hydrogen (secondary N) is 1. The standard InChI is InChI=1S/C14H15B2N3/c15-14(16)8-6-12(17-14)10-19-9-7-13(18-19)11-4-2-1-3-5-11/h1-5,7,9,12,17H,6,8,10H2. The number of aromatic nitrogens is 2. The zero-order chi connectivity index (χ0) is 13.3. The van der Waals surface area contributed by atoms with Gasteiger partial charge in [0.2, 0.25) is 0 Å². The van der Waals surface area contributed by atoms with Crippen LogP contribution in [0.15, 0.2) is 42.6 Å². The summed E-state index contributed by atoms with van der Waals surface area (Å²) in [6, 6.07) is 12.5. The van der Waals surface area contributed by atoms with Crippen LogP contribution in [-0.2, 0) is 6.54 Å². The van der Waals surface area contributed by atoms with E-state index in [0.29, 0.717) is 6.04 Å². The van der Waals surface area contributed by atoms with Crippen LogP contribution in [0.5, 0.6) is 0 Å². The Kier molecular flexibility index (Phi) is 3.23. The molecule has 3 rings (SSSR count). The van der Waals surface area contributed by atoms with Crippen molar-refractivity contribution in [3.8, 4) is 11.3 Å². The fourth-order valence-electron chi connectivity index (χ4n) is 2.53. The van der Waals surface area contributed by atoms with E-state index in [-0.39, 0.29) is 0 Å². The summed E-state index contributed by atoms with van der Waals surface area (Å²) in [5.74, 6) is 0. The molecule has 1 aromatic carbocycles. The average molecular weight is 247 g/mol. The Balaban J connectivity index is 1.69. The summed E-state index contributed by atoms with van der Waals surface area (Å²) in [5, 5.41) is 7.09. The zero-order valence-electron chi connectivity index (χ0n) is 10.8. The molecule has 1 fully saturated rings. The molecule has 1 aliphatic rings. The number of rotatable bonds is 3. The molecule has 1 unspecified atom stereocenters. The molecule has 2 heterocycles. The van der Waals surface area contributed by atoms with Crippen molar-refractivity contribution in [1.29, 1.82) is 0 Å². The lowest BCUT2D eigenvalue weighted by molar-refractivity contribution is 0.466. The van der Waals surface area contributed by atoms with Crippen molar-refractivity contribution in [2.24, 2.45) is 0 Å². The predicted molar refractivity (Wildman–Crippen MR) is 78.1 cm³/mol. The molecule has 0 aliphatic carbocycles. The summed E-state index contributed by atoms with van der Waals surface area (Å²) in [7, 11) is 11.7. The van der Waals surface area contributed by atoms with Gasteiger partial charge in [0.1, 0.15) is 0 Å². The normalized spacial score (nSPS) is 21.6. The molecule has 3 nitrogen and oxygen atoms in total. The Labute approximate surface area is 116 Å². The lowest BCUT2D eigenvalue weighted by atomic mass is 9.61. The third-order valence-electron chi connectivity index (χ3n) is 3.50. The predicted octanol–water partition coefficient (Wildman–Crippen LogP) is 1.29. The SMILES string of the molecule is [B]C1([B])CCC(Cn2ccc(-c3ccccc3)n2)N1. The van der Waals surface area contributed by atoms with Gasteiger partial charge in [0.05, 0.1) is 27.9 Å². The highest BCUT2D eigenvalue weighted by Gasteiger charge is 2.28. The molecule has 0 spiro atoms. The lowest BCUT2D eigenvalue weighted by Gasteiger charge is -2.21. The summed E-state index contributed by atoms with van der Waals surface area (Å²) in [5.41, 5.74) is 2.12. The van der Waals surface area contributed by atoms with Crippen molar-refractivity contribution >= 4 is 15.7 Å². The molecule has 2 aromatic rings. The van der Waals surface area contributed by atoms with Crippen molar-refractivity contribution < 1.29 is 0 Å². The third kappa shape index (κ3) is 2.92. The van der Waals surface area contributed by atoms with E-state index in [4.69, 9.17) is 15.7 Å². The largest absolute Gasteiger partial charge is 0.323 e. The van der Waals surface area contributed by atoms with Crippen LogP contribution in [0.2, 0.25) is 0 Å². The van der Waals surface area contributed by atoms with E-state index in [1.165, 1.54) is 0 Å². The van der Waals surface area contributed by atoms with E-state index in [9.17, 15) is 0 Å². The zero-order valence-corrected chi connectivity index (χ0v) is 10.8. The molecule has 4 radical (unpaired) electrons. The van der Waals surface area contributed by atoms with Crippen LogP contribution in [0, 0.1) is 0 Å². The first-order valence-corrected chi connectivity index (χ1v) is 6.57. The molecular formula is C14H15B2N3. The molecular weight excluding hydrogens is 232 g/mol. The Morgan fingerprint density at radius 2 is 2.05 bits per heavy atom. The minimum Gasteiger partial charge on any atom is -0.323 e. The second kappa shape index (κ2) is 4.89. The van der Waals surface area contributed by atoms with Crippen LogP contribution in [0.3, 0.4) is 0 Å². The van der Waals surface area contributed by atoms with E-state index in [0.717, 1.165) is 30.6 Å². The summed E-state index contributed by atoms with van der Waals surface area (Å²) in [6.45, 7) is 0.795. The molecule has 0 amide bonds. The first-order valence-electron chi connectivity index (χ1n) is 6.57. The number of hydrogen-bond donors (Lipinski definition) is 1. The van der Waals surface area contributed by atoms with E-state index < -0.39 is 5.34 Å². The highest BCUT2D eigenvalue weighted by Crippen LogP contribution is 2.20. The monoisotopic (exact) mass is 247 g/mol. The lowest BCUT2D eigenvalue weighted by Crippen LogP contribution is -2.45. The van der Waals surface area contributed by atoms with E-state index in [1.54, 1.807) is 0 Å². The van der Waals surface area contributed by atoms with Crippen molar-refractivity contribution in [1.82, 2.24) is 15.1 Å². The molecule has 1 atom stereocenters. The fraction of sp³-hybridized carbons (Fsp3) is 0.357. The molecule has 0 saturated carbocycles. The molecule has 1 aliphatic heterocycles. The van der Waals surface area contributed by atoms with Gasteiger partial charge in [0.15, 0.2) is 0 Å². The van der Waals surface area contributed by atoms with Gasteiger partial charge in [-0.25, -0.2) is 0 Å². The van der Waals surface area contributed by atoms with E-state index >= 15 is 0 Å². The topological polar surface area (TPSA) is 29.9 Å². The summed E-state index contributed by atoms with van der Waals surface area (Å²) in [6.07, 6.45) is 3.77. The quantitative estimate of drug-likeness (QED) is 0.828. The first-order chi connectivity index (χ1) is 9.12. The maximum absolute atomic E-state index is 5.86. The van der Waals surface area contributed by atoms with Crippen molar-refractivity contribution in [3.63, 3.8) is 0 Å². The summed E-state index contributed by atoms with van der Waals surface area (Å²) in [4.78, 5) is 0. The Morgan fingerprint density at radius 1 is 1.26 bits per heavy atom. The van der Waals surface area contributed by atoms with Crippen LogP contribution in [0.4, 0.5) is 0 Å². The van der Waals surface area contributed by atoms with Gasteiger partial charge in [-0.05, 0) is 18.9 Å². The Bertz CT molecular complexity index is 551. The smallest absolute Gasteiger partial charge is 0.0923 e. The van der Waals surface area contributed by atoms with Gasteiger partial charge in [-0.15, -0.1) is 0 Å². The number of hydrogen-bond acceptors (Lipinski definition) is 2. The minimum atomic E-state index is -0.722. The summed E-state index contributed by atoms with van der Waals surface area (Å²) < 4.78 is 1.95. The maximum atomic E-state index is 5.86. The van der Waals surface area contributed by atoms with Gasteiger partial charge in [0.25, 0.3) is 0 Å². The van der Waals surface area contributed by atoms with Gasteiger partial charge in [-0.1, -0.05) is 35.7 Å². The van der Waals surface area contributed by atoms with Gasteiger partial charge in [0, 0.05) is 17.8 Å². The van der Waals surface area contributed by atoms with Crippen LogP contribution in [0.1, 0.15) is 12.8 Å². The number of nitrogens with zero attached hydrogens (tertiary/aromatic N) is 2. The molecule has 19 heavy (non-hydrogen) atoms. The minimum absolute atomic E-state index is 0.290. The summed E-state index contributed by atoms with van der Waals surface area (Å²) >= 11 is 0. The van der Waals surface area contributed by atoms with Crippen LogP contribution >= 0.6 is 0 Å². The first kappa shape index (κ1) is 12.5.